The molecule has 1 aliphatic carbocycles. The van der Waals surface area contributed by atoms with Gasteiger partial charge in [0.15, 0.2) is 0 Å². The Hall–Kier alpha value is -1.26. The molecule has 19 heavy (non-hydrogen) atoms. The van der Waals surface area contributed by atoms with E-state index in [0.29, 0.717) is 6.54 Å². The lowest BCUT2D eigenvalue weighted by Gasteiger charge is -2.35. The predicted molar refractivity (Wildman–Crippen MR) is 71.7 cm³/mol. The van der Waals surface area contributed by atoms with Gasteiger partial charge < -0.3 is 10.1 Å². The van der Waals surface area contributed by atoms with Crippen LogP contribution in [0.2, 0.25) is 0 Å². The third-order valence-electron chi connectivity index (χ3n) is 4.29. The fraction of sp³-hybridized carbons (Fsp3) is 0.857. The van der Waals surface area contributed by atoms with Crippen molar-refractivity contribution in [3.8, 4) is 0 Å². The summed E-state index contributed by atoms with van der Waals surface area (Å²) in [5.41, 5.74) is 0. The first-order valence-electron chi connectivity index (χ1n) is 7.33. The summed E-state index contributed by atoms with van der Waals surface area (Å²) in [6, 6.07) is -0.344. The Morgan fingerprint density at radius 1 is 1.37 bits per heavy atom. The second kappa shape index (κ2) is 6.26. The van der Waals surface area contributed by atoms with Crippen LogP contribution in [0.3, 0.4) is 0 Å². The molecule has 0 bridgehead atoms. The Morgan fingerprint density at radius 2 is 2.05 bits per heavy atom. The number of likely N-dealkylation sites (N-methyl/N-ethyl adjacent to an activating group) is 1. The number of ether oxygens (including phenoxy) is 1. The van der Waals surface area contributed by atoms with Gasteiger partial charge in [-0.15, -0.1) is 0 Å². The van der Waals surface area contributed by atoms with Gasteiger partial charge in [-0.3, -0.25) is 9.69 Å². The largest absolute Gasteiger partial charge is 0.446 e. The highest BCUT2D eigenvalue weighted by Crippen LogP contribution is 2.29. The normalized spacial score (nSPS) is 30.2. The first-order valence-corrected chi connectivity index (χ1v) is 7.33. The van der Waals surface area contributed by atoms with Gasteiger partial charge in [0.1, 0.15) is 12.1 Å². The van der Waals surface area contributed by atoms with E-state index in [-0.39, 0.29) is 24.1 Å². The molecule has 1 saturated heterocycles. The van der Waals surface area contributed by atoms with E-state index >= 15 is 0 Å². The molecule has 2 rings (SSSR count). The molecule has 2 amide bonds. The van der Waals surface area contributed by atoms with Crippen LogP contribution in [-0.2, 0) is 9.53 Å². The van der Waals surface area contributed by atoms with E-state index in [1.165, 1.54) is 17.7 Å². The number of nitrogens with zero attached hydrogens (tertiary/aromatic N) is 1. The molecule has 5 nitrogen and oxygen atoms in total. The Morgan fingerprint density at radius 3 is 2.53 bits per heavy atom. The standard InChI is InChI=1S/C14H24N2O3/c1-3-4-10-5-7-11(8-6-10)19-14(18)16(2)12-9-15-13(12)17/h10-12H,3-9H2,1-2H3,(H,15,17)/t10?,11?,12-/m0/s1. The van der Waals surface area contributed by atoms with E-state index in [4.69, 9.17) is 4.74 Å². The maximum atomic E-state index is 11.9. The first kappa shape index (κ1) is 14.2. The summed E-state index contributed by atoms with van der Waals surface area (Å²) in [6.07, 6.45) is 6.41. The monoisotopic (exact) mass is 268 g/mol. The zero-order valence-electron chi connectivity index (χ0n) is 11.9. The summed E-state index contributed by atoms with van der Waals surface area (Å²) in [5.74, 6) is 0.709. The first-order chi connectivity index (χ1) is 9.11. The van der Waals surface area contributed by atoms with Gasteiger partial charge in [-0.2, -0.15) is 0 Å². The average molecular weight is 268 g/mol. The third-order valence-corrected chi connectivity index (χ3v) is 4.29. The van der Waals surface area contributed by atoms with E-state index < -0.39 is 0 Å². The molecule has 0 aromatic carbocycles. The summed E-state index contributed by atoms with van der Waals surface area (Å²) in [4.78, 5) is 24.6. The van der Waals surface area contributed by atoms with E-state index in [9.17, 15) is 9.59 Å². The van der Waals surface area contributed by atoms with Crippen LogP contribution < -0.4 is 5.32 Å². The highest BCUT2D eigenvalue weighted by Gasteiger charge is 2.36. The van der Waals surface area contributed by atoms with Gasteiger partial charge in [0.25, 0.3) is 0 Å². The number of carbonyl (C=O) groups is 2. The fourth-order valence-corrected chi connectivity index (χ4v) is 2.89. The number of rotatable bonds is 4. The lowest BCUT2D eigenvalue weighted by molar-refractivity contribution is -0.132. The third kappa shape index (κ3) is 3.39. The van der Waals surface area contributed by atoms with Crippen molar-refractivity contribution in [2.75, 3.05) is 13.6 Å². The van der Waals surface area contributed by atoms with Gasteiger partial charge in [-0.1, -0.05) is 19.8 Å². The molecule has 108 valence electrons. The van der Waals surface area contributed by atoms with Crippen LogP contribution in [0.5, 0.6) is 0 Å². The molecule has 0 aromatic heterocycles. The molecule has 0 unspecified atom stereocenters. The molecule has 1 atom stereocenters. The summed E-state index contributed by atoms with van der Waals surface area (Å²) >= 11 is 0. The van der Waals surface area contributed by atoms with E-state index in [1.54, 1.807) is 7.05 Å². The quantitative estimate of drug-likeness (QED) is 0.792. The number of amides is 2. The van der Waals surface area contributed by atoms with Gasteiger partial charge in [0.2, 0.25) is 5.91 Å². The van der Waals surface area contributed by atoms with E-state index in [1.807, 2.05) is 0 Å². The number of hydrogen-bond donors (Lipinski definition) is 1. The number of β-lactam (4-membered cyclic amide) rings is 1. The van der Waals surface area contributed by atoms with Crippen molar-refractivity contribution in [3.63, 3.8) is 0 Å². The molecule has 2 fully saturated rings. The van der Waals surface area contributed by atoms with Crippen LogP contribution in [0.25, 0.3) is 0 Å². The van der Waals surface area contributed by atoms with Crippen molar-refractivity contribution in [1.29, 1.82) is 0 Å². The Labute approximate surface area is 114 Å². The zero-order valence-corrected chi connectivity index (χ0v) is 11.9. The molecule has 1 heterocycles. The van der Waals surface area contributed by atoms with E-state index in [0.717, 1.165) is 31.6 Å². The van der Waals surface area contributed by atoms with Crippen LogP contribution in [0, 0.1) is 5.92 Å². The SMILES string of the molecule is CCCC1CCC(OC(=O)N(C)[C@H]2CNC2=O)CC1. The summed E-state index contributed by atoms with van der Waals surface area (Å²) in [6.45, 7) is 2.75. The topological polar surface area (TPSA) is 58.6 Å². The van der Waals surface area contributed by atoms with Crippen molar-refractivity contribution < 1.29 is 14.3 Å². The molecule has 0 spiro atoms. The summed E-state index contributed by atoms with van der Waals surface area (Å²) < 4.78 is 5.49. The lowest BCUT2D eigenvalue weighted by Crippen LogP contribution is -2.62. The molecule has 5 heteroatoms. The van der Waals surface area contributed by atoms with Crippen LogP contribution in [0.1, 0.15) is 45.4 Å². The second-order valence-corrected chi connectivity index (χ2v) is 5.69. The highest BCUT2D eigenvalue weighted by molar-refractivity contribution is 5.90. The van der Waals surface area contributed by atoms with Crippen molar-refractivity contribution in [3.05, 3.63) is 0 Å². The molecule has 1 saturated carbocycles. The van der Waals surface area contributed by atoms with Crippen LogP contribution in [0.15, 0.2) is 0 Å². The molecule has 1 N–H and O–H groups in total. The fourth-order valence-electron chi connectivity index (χ4n) is 2.89. The van der Waals surface area contributed by atoms with Crippen LogP contribution in [-0.4, -0.2) is 42.6 Å². The molecular formula is C14H24N2O3. The Bertz CT molecular complexity index is 338. The number of carbonyl (C=O) groups excluding carboxylic acids is 2. The minimum atomic E-state index is -0.362. The highest BCUT2D eigenvalue weighted by atomic mass is 16.6. The molecule has 2 aliphatic rings. The van der Waals surface area contributed by atoms with Gasteiger partial charge >= 0.3 is 6.09 Å². The maximum Gasteiger partial charge on any atom is 0.410 e. The van der Waals surface area contributed by atoms with Crippen LogP contribution >= 0.6 is 0 Å². The number of nitrogens with one attached hydrogen (secondary N) is 1. The molecule has 0 radical (unpaired) electrons. The van der Waals surface area contributed by atoms with Gasteiger partial charge in [-0.25, -0.2) is 4.79 Å². The minimum absolute atomic E-state index is 0.0335. The van der Waals surface area contributed by atoms with Crippen molar-refractivity contribution in [2.24, 2.45) is 5.92 Å². The van der Waals surface area contributed by atoms with Crippen LogP contribution in [0.4, 0.5) is 4.79 Å². The number of hydrogen-bond acceptors (Lipinski definition) is 3. The van der Waals surface area contributed by atoms with Crippen molar-refractivity contribution >= 4 is 12.0 Å². The molecular weight excluding hydrogens is 244 g/mol. The smallest absolute Gasteiger partial charge is 0.410 e. The maximum absolute atomic E-state index is 11.9. The van der Waals surface area contributed by atoms with Gasteiger partial charge in [0, 0.05) is 13.6 Å². The predicted octanol–water partition coefficient (Wildman–Crippen LogP) is 1.91. The summed E-state index contributed by atoms with van der Waals surface area (Å²) in [5, 5.41) is 2.63. The van der Waals surface area contributed by atoms with Crippen molar-refractivity contribution in [2.45, 2.75) is 57.6 Å². The zero-order chi connectivity index (χ0) is 13.8. The lowest BCUT2D eigenvalue weighted by atomic mass is 9.85. The molecule has 0 aromatic rings. The minimum Gasteiger partial charge on any atom is -0.446 e. The van der Waals surface area contributed by atoms with Crippen molar-refractivity contribution in [1.82, 2.24) is 10.2 Å². The average Bonchev–Trinajstić information content (AvgIpc) is 2.39. The van der Waals surface area contributed by atoms with Gasteiger partial charge in [0.05, 0.1) is 0 Å². The van der Waals surface area contributed by atoms with Gasteiger partial charge in [-0.05, 0) is 31.6 Å². The van der Waals surface area contributed by atoms with E-state index in [2.05, 4.69) is 12.2 Å². The Kier molecular flexibility index (Phi) is 4.66. The summed E-state index contributed by atoms with van der Waals surface area (Å²) in [7, 11) is 1.63. The Balaban J connectivity index is 1.73. The molecule has 1 aliphatic heterocycles. The second-order valence-electron chi connectivity index (χ2n) is 5.69.